The van der Waals surface area contributed by atoms with Crippen LogP contribution in [-0.2, 0) is 10.8 Å². The molecule has 0 aromatic rings. The first-order chi connectivity index (χ1) is 7.29. The number of hydrogen-bond acceptors (Lipinski definition) is 2. The van der Waals surface area contributed by atoms with Crippen LogP contribution < -0.4 is 5.32 Å². The lowest BCUT2D eigenvalue weighted by molar-refractivity contribution is 0.171. The standard InChI is InChI=1S/C12H21NOS/c14-15-8-7-13-10-3-6-12(9-11(10)15)4-1-2-5-12/h10-11,13H,1-9H2. The minimum atomic E-state index is -0.541. The van der Waals surface area contributed by atoms with Crippen LogP contribution in [-0.4, -0.2) is 27.8 Å². The lowest BCUT2D eigenvalue weighted by Crippen LogP contribution is -2.54. The van der Waals surface area contributed by atoms with Gasteiger partial charge in [-0.05, 0) is 37.5 Å². The molecule has 1 aliphatic heterocycles. The molecule has 0 amide bonds. The third-order valence-corrected chi connectivity index (χ3v) is 6.56. The molecule has 3 atom stereocenters. The fraction of sp³-hybridized carbons (Fsp3) is 1.00. The van der Waals surface area contributed by atoms with Crippen LogP contribution in [0.25, 0.3) is 0 Å². The van der Waals surface area contributed by atoms with E-state index in [-0.39, 0.29) is 0 Å². The normalized spacial score (nSPS) is 44.1. The van der Waals surface area contributed by atoms with Crippen LogP contribution in [0.4, 0.5) is 0 Å². The fourth-order valence-electron chi connectivity index (χ4n) is 3.90. The maximum Gasteiger partial charge on any atom is 0.0507 e. The summed E-state index contributed by atoms with van der Waals surface area (Å²) in [6, 6.07) is 0.575. The first kappa shape index (κ1) is 10.3. The molecule has 2 aliphatic carbocycles. The van der Waals surface area contributed by atoms with Crippen LogP contribution in [0.3, 0.4) is 0 Å². The summed E-state index contributed by atoms with van der Waals surface area (Å²) in [5.41, 5.74) is 0.607. The smallest absolute Gasteiger partial charge is 0.0507 e. The molecule has 0 aromatic carbocycles. The van der Waals surface area contributed by atoms with Gasteiger partial charge in [-0.2, -0.15) is 0 Å². The Hall–Kier alpha value is 0.110. The highest BCUT2D eigenvalue weighted by molar-refractivity contribution is 7.85. The van der Waals surface area contributed by atoms with Crippen molar-refractivity contribution in [1.29, 1.82) is 0 Å². The number of hydrogen-bond donors (Lipinski definition) is 1. The van der Waals surface area contributed by atoms with Gasteiger partial charge in [-0.1, -0.05) is 12.8 Å². The molecule has 3 heteroatoms. The minimum Gasteiger partial charge on any atom is -0.312 e. The fourth-order valence-corrected chi connectivity index (χ4v) is 5.66. The quantitative estimate of drug-likeness (QED) is 0.684. The number of fused-ring (bicyclic) bond motifs is 1. The van der Waals surface area contributed by atoms with E-state index in [1.165, 1.54) is 44.9 Å². The Labute approximate surface area is 94.7 Å². The zero-order chi connectivity index (χ0) is 10.3. The van der Waals surface area contributed by atoms with Gasteiger partial charge in [-0.25, -0.2) is 0 Å². The van der Waals surface area contributed by atoms with Gasteiger partial charge in [-0.3, -0.25) is 4.21 Å². The predicted molar refractivity (Wildman–Crippen MR) is 63.3 cm³/mol. The Kier molecular flexibility index (Phi) is 2.63. The molecule has 3 unspecified atom stereocenters. The van der Waals surface area contributed by atoms with Crippen molar-refractivity contribution in [2.24, 2.45) is 5.41 Å². The second-order valence-corrected chi connectivity index (χ2v) is 7.41. The topological polar surface area (TPSA) is 29.1 Å². The zero-order valence-corrected chi connectivity index (χ0v) is 10.2. The van der Waals surface area contributed by atoms with Crippen molar-refractivity contribution in [2.45, 2.75) is 56.2 Å². The first-order valence-electron chi connectivity index (χ1n) is 6.40. The largest absolute Gasteiger partial charge is 0.312 e. The van der Waals surface area contributed by atoms with Gasteiger partial charge in [0.15, 0.2) is 0 Å². The Morgan fingerprint density at radius 3 is 2.80 bits per heavy atom. The average molecular weight is 227 g/mol. The third kappa shape index (κ3) is 1.78. The molecule has 3 rings (SSSR count). The molecule has 1 saturated heterocycles. The van der Waals surface area contributed by atoms with Crippen LogP contribution in [0.2, 0.25) is 0 Å². The second kappa shape index (κ2) is 3.85. The summed E-state index contributed by atoms with van der Waals surface area (Å²) in [5.74, 6) is 0.886. The lowest BCUT2D eigenvalue weighted by Gasteiger charge is -2.44. The summed E-state index contributed by atoms with van der Waals surface area (Å²) in [4.78, 5) is 0. The highest BCUT2D eigenvalue weighted by Crippen LogP contribution is 2.50. The van der Waals surface area contributed by atoms with Crippen molar-refractivity contribution in [3.63, 3.8) is 0 Å². The highest BCUT2D eigenvalue weighted by atomic mass is 32.2. The molecule has 0 radical (unpaired) electrons. The summed E-state index contributed by atoms with van der Waals surface area (Å²) in [6.07, 6.45) is 9.56. The Morgan fingerprint density at radius 1 is 1.20 bits per heavy atom. The van der Waals surface area contributed by atoms with E-state index >= 15 is 0 Å². The molecule has 3 aliphatic rings. The average Bonchev–Trinajstić information content (AvgIpc) is 2.68. The molecular weight excluding hydrogens is 206 g/mol. The Bertz CT molecular complexity index is 273. The van der Waals surface area contributed by atoms with Crippen molar-refractivity contribution in [3.8, 4) is 0 Å². The van der Waals surface area contributed by atoms with Gasteiger partial charge < -0.3 is 5.32 Å². The third-order valence-electron chi connectivity index (χ3n) is 4.78. The predicted octanol–water partition coefficient (Wildman–Crippen LogP) is 1.82. The van der Waals surface area contributed by atoms with Crippen molar-refractivity contribution < 1.29 is 4.21 Å². The highest BCUT2D eigenvalue weighted by Gasteiger charge is 2.45. The van der Waals surface area contributed by atoms with E-state index in [4.69, 9.17) is 0 Å². The van der Waals surface area contributed by atoms with Crippen molar-refractivity contribution >= 4 is 10.8 Å². The maximum absolute atomic E-state index is 12.0. The van der Waals surface area contributed by atoms with E-state index in [1.54, 1.807) is 0 Å². The second-order valence-electron chi connectivity index (χ2n) is 5.63. The van der Waals surface area contributed by atoms with E-state index < -0.39 is 10.8 Å². The van der Waals surface area contributed by atoms with Crippen molar-refractivity contribution in [3.05, 3.63) is 0 Å². The van der Waals surface area contributed by atoms with E-state index in [9.17, 15) is 4.21 Å². The van der Waals surface area contributed by atoms with Gasteiger partial charge >= 0.3 is 0 Å². The maximum atomic E-state index is 12.0. The van der Waals surface area contributed by atoms with Gasteiger partial charge in [-0.15, -0.1) is 0 Å². The molecule has 1 N–H and O–H groups in total. The van der Waals surface area contributed by atoms with E-state index in [1.807, 2.05) is 0 Å². The SMILES string of the molecule is O=S1CCNC2CCC3(CCCC3)CC21. The molecule has 86 valence electrons. The molecule has 1 heterocycles. The molecular formula is C12H21NOS. The van der Waals surface area contributed by atoms with Crippen LogP contribution in [0.5, 0.6) is 0 Å². The van der Waals surface area contributed by atoms with Gasteiger partial charge in [0.1, 0.15) is 0 Å². The number of rotatable bonds is 0. The van der Waals surface area contributed by atoms with Crippen LogP contribution in [0.1, 0.15) is 44.9 Å². The van der Waals surface area contributed by atoms with Crippen LogP contribution in [0.15, 0.2) is 0 Å². The number of nitrogens with one attached hydrogen (secondary N) is 1. The van der Waals surface area contributed by atoms with Gasteiger partial charge in [0, 0.05) is 29.1 Å². The molecule has 2 nitrogen and oxygen atoms in total. The Balaban J connectivity index is 1.76. The van der Waals surface area contributed by atoms with E-state index in [0.717, 1.165) is 12.3 Å². The van der Waals surface area contributed by atoms with E-state index in [2.05, 4.69) is 5.32 Å². The zero-order valence-electron chi connectivity index (χ0n) is 9.34. The molecule has 0 bridgehead atoms. The monoisotopic (exact) mass is 227 g/mol. The Morgan fingerprint density at radius 2 is 2.00 bits per heavy atom. The lowest BCUT2D eigenvalue weighted by atomic mass is 9.71. The molecule has 2 saturated carbocycles. The summed E-state index contributed by atoms with van der Waals surface area (Å²) in [6.45, 7) is 0.973. The molecule has 1 spiro atoms. The van der Waals surface area contributed by atoms with Crippen LogP contribution in [0, 0.1) is 5.41 Å². The van der Waals surface area contributed by atoms with E-state index in [0.29, 0.717) is 16.7 Å². The molecule has 15 heavy (non-hydrogen) atoms. The van der Waals surface area contributed by atoms with Crippen LogP contribution >= 0.6 is 0 Å². The molecule has 0 aromatic heterocycles. The van der Waals surface area contributed by atoms with Gasteiger partial charge in [0.05, 0.1) is 5.25 Å². The minimum absolute atomic E-state index is 0.477. The molecule has 3 fully saturated rings. The summed E-state index contributed by atoms with van der Waals surface area (Å²) in [7, 11) is -0.541. The summed E-state index contributed by atoms with van der Waals surface area (Å²) >= 11 is 0. The summed E-state index contributed by atoms with van der Waals surface area (Å²) < 4.78 is 12.0. The van der Waals surface area contributed by atoms with Gasteiger partial charge in [0.25, 0.3) is 0 Å². The van der Waals surface area contributed by atoms with Gasteiger partial charge in [0.2, 0.25) is 0 Å². The van der Waals surface area contributed by atoms with Crippen molar-refractivity contribution in [1.82, 2.24) is 5.32 Å². The summed E-state index contributed by atoms with van der Waals surface area (Å²) in [5, 5.41) is 4.04. The first-order valence-corrected chi connectivity index (χ1v) is 7.78. The van der Waals surface area contributed by atoms with Crippen molar-refractivity contribution in [2.75, 3.05) is 12.3 Å².